The van der Waals surface area contributed by atoms with Gasteiger partial charge in [0.15, 0.2) is 0 Å². The van der Waals surface area contributed by atoms with Gasteiger partial charge in [-0.25, -0.2) is 0 Å². The highest BCUT2D eigenvalue weighted by Crippen LogP contribution is 2.18. The summed E-state index contributed by atoms with van der Waals surface area (Å²) in [6, 6.07) is 76.8. The van der Waals surface area contributed by atoms with Crippen molar-refractivity contribution < 1.29 is 0 Å². The molecule has 10 aromatic rings. The molecule has 0 aliphatic heterocycles. The van der Waals surface area contributed by atoms with E-state index in [1.54, 1.807) is 0 Å². The molecular formula is C61H60. The zero-order chi connectivity index (χ0) is 42.1. The summed E-state index contributed by atoms with van der Waals surface area (Å²) in [5, 5.41) is 10.6. The van der Waals surface area contributed by atoms with Crippen molar-refractivity contribution in [1.29, 1.82) is 0 Å². The molecule has 0 heterocycles. The SMILES string of the molecule is C.Cc1ccc(/C=C/c2ccc(C)cc2)cc1.Cc1ccc2ccccc2c1.Cc1ccc2ccccc2c1.Cc1ccc2ccccc2c1.Cc1ccc2ccccc2c1. The fourth-order valence-corrected chi connectivity index (χ4v) is 6.78. The fraction of sp³-hybridized carbons (Fsp3) is 0.115. The van der Waals surface area contributed by atoms with Gasteiger partial charge >= 0.3 is 0 Å². The van der Waals surface area contributed by atoms with Gasteiger partial charge in [0, 0.05) is 0 Å². The second kappa shape index (κ2) is 22.9. The van der Waals surface area contributed by atoms with Crippen LogP contribution >= 0.6 is 0 Å². The van der Waals surface area contributed by atoms with E-state index in [2.05, 4.69) is 272 Å². The van der Waals surface area contributed by atoms with Crippen molar-refractivity contribution in [2.75, 3.05) is 0 Å². The molecular weight excluding hydrogens is 733 g/mol. The standard InChI is InChI=1S/C16H16.4C11H10.CH4/c1-13-3-7-15(8-4-13)11-12-16-9-5-14(2)6-10-16;4*1-9-6-7-10-4-2-3-5-11(10)8-9;/h3-12H,1-2H3;4*2-8H,1H3;1H4/b12-11+;;;;;. The lowest BCUT2D eigenvalue weighted by molar-refractivity contribution is 1.46. The van der Waals surface area contributed by atoms with Crippen LogP contribution < -0.4 is 0 Å². The van der Waals surface area contributed by atoms with Gasteiger partial charge in [-0.3, -0.25) is 0 Å². The van der Waals surface area contributed by atoms with Crippen molar-refractivity contribution in [1.82, 2.24) is 0 Å². The smallest absolute Gasteiger partial charge is 0.0181 e. The zero-order valence-electron chi connectivity index (χ0n) is 35.9. The Bertz CT molecular complexity index is 2550. The molecule has 0 bridgehead atoms. The van der Waals surface area contributed by atoms with Gasteiger partial charge < -0.3 is 0 Å². The number of rotatable bonds is 2. The monoisotopic (exact) mass is 792 g/mol. The van der Waals surface area contributed by atoms with Crippen molar-refractivity contribution in [2.45, 2.75) is 49.0 Å². The number of fused-ring (bicyclic) bond motifs is 4. The largest absolute Gasteiger partial charge is 0.0776 e. The van der Waals surface area contributed by atoms with Crippen LogP contribution in [0.25, 0.3) is 55.2 Å². The minimum Gasteiger partial charge on any atom is -0.0776 e. The minimum absolute atomic E-state index is 0. The van der Waals surface area contributed by atoms with Crippen molar-refractivity contribution in [3.05, 3.63) is 263 Å². The average molecular weight is 793 g/mol. The maximum atomic E-state index is 2.20. The molecule has 0 N–H and O–H groups in total. The third kappa shape index (κ3) is 14.3. The number of aryl methyl sites for hydroxylation is 6. The van der Waals surface area contributed by atoms with E-state index in [4.69, 9.17) is 0 Å². The molecule has 0 nitrogen and oxygen atoms in total. The Balaban J connectivity index is 0.000000145. The van der Waals surface area contributed by atoms with Crippen LogP contribution in [0.4, 0.5) is 0 Å². The van der Waals surface area contributed by atoms with Gasteiger partial charge in [0.2, 0.25) is 0 Å². The molecule has 0 saturated carbocycles. The quantitative estimate of drug-likeness (QED) is 0.153. The first kappa shape index (κ1) is 45.1. The molecule has 0 heteroatoms. The van der Waals surface area contributed by atoms with E-state index >= 15 is 0 Å². The van der Waals surface area contributed by atoms with Crippen LogP contribution in [0, 0.1) is 41.5 Å². The zero-order valence-corrected chi connectivity index (χ0v) is 35.9. The van der Waals surface area contributed by atoms with Crippen LogP contribution in [-0.4, -0.2) is 0 Å². The predicted molar refractivity (Wildman–Crippen MR) is 273 cm³/mol. The van der Waals surface area contributed by atoms with E-state index in [-0.39, 0.29) is 7.43 Å². The molecule has 10 rings (SSSR count). The molecule has 0 unspecified atom stereocenters. The van der Waals surface area contributed by atoms with Crippen molar-refractivity contribution in [2.24, 2.45) is 0 Å². The number of benzene rings is 10. The molecule has 0 aliphatic carbocycles. The predicted octanol–water partition coefficient (Wildman–Crippen LogP) is 17.7. The van der Waals surface area contributed by atoms with Crippen LogP contribution in [0.15, 0.2) is 218 Å². The van der Waals surface area contributed by atoms with Gasteiger partial charge in [0.1, 0.15) is 0 Å². The lowest BCUT2D eigenvalue weighted by atomic mass is 10.1. The summed E-state index contributed by atoms with van der Waals surface area (Å²) in [4.78, 5) is 0. The van der Waals surface area contributed by atoms with Gasteiger partial charge in [-0.1, -0.05) is 271 Å². The van der Waals surface area contributed by atoms with E-state index in [1.165, 1.54) is 87.6 Å². The summed E-state index contributed by atoms with van der Waals surface area (Å²) in [5.74, 6) is 0. The second-order valence-corrected chi connectivity index (χ2v) is 15.6. The van der Waals surface area contributed by atoms with Crippen molar-refractivity contribution >= 4 is 55.2 Å². The molecule has 0 fully saturated rings. The Morgan fingerprint density at radius 1 is 0.213 bits per heavy atom. The number of hydrogen-bond donors (Lipinski definition) is 0. The van der Waals surface area contributed by atoms with Gasteiger partial charge in [-0.05, 0) is 95.8 Å². The van der Waals surface area contributed by atoms with Crippen LogP contribution in [0.3, 0.4) is 0 Å². The Hall–Kier alpha value is -7.02. The van der Waals surface area contributed by atoms with Crippen molar-refractivity contribution in [3.63, 3.8) is 0 Å². The Labute approximate surface area is 365 Å². The molecule has 0 aromatic heterocycles. The highest BCUT2D eigenvalue weighted by molar-refractivity contribution is 5.85. The van der Waals surface area contributed by atoms with Gasteiger partial charge in [0.25, 0.3) is 0 Å². The first-order chi connectivity index (χ1) is 29.2. The highest BCUT2D eigenvalue weighted by atomic mass is 14.0. The van der Waals surface area contributed by atoms with Gasteiger partial charge in [0.05, 0.1) is 0 Å². The van der Waals surface area contributed by atoms with Crippen LogP contribution in [-0.2, 0) is 0 Å². The third-order valence-corrected chi connectivity index (χ3v) is 10.2. The summed E-state index contributed by atoms with van der Waals surface area (Å²) in [6.45, 7) is 12.7. The Morgan fingerprint density at radius 2 is 0.410 bits per heavy atom. The molecule has 0 atom stereocenters. The molecule has 0 saturated heterocycles. The summed E-state index contributed by atoms with van der Waals surface area (Å²) >= 11 is 0. The summed E-state index contributed by atoms with van der Waals surface area (Å²) in [6.07, 6.45) is 4.29. The summed E-state index contributed by atoms with van der Waals surface area (Å²) < 4.78 is 0. The Kier molecular flexibility index (Phi) is 17.0. The maximum absolute atomic E-state index is 2.20. The normalized spacial score (nSPS) is 10.3. The van der Waals surface area contributed by atoms with E-state index in [0.717, 1.165) is 0 Å². The van der Waals surface area contributed by atoms with Gasteiger partial charge in [-0.15, -0.1) is 0 Å². The van der Waals surface area contributed by atoms with Crippen molar-refractivity contribution in [3.8, 4) is 0 Å². The average Bonchev–Trinajstić information content (AvgIpc) is 3.27. The lowest BCUT2D eigenvalue weighted by Crippen LogP contribution is -1.75. The first-order valence-electron chi connectivity index (χ1n) is 20.8. The first-order valence-corrected chi connectivity index (χ1v) is 20.8. The van der Waals surface area contributed by atoms with Crippen LogP contribution in [0.2, 0.25) is 0 Å². The molecule has 0 amide bonds. The maximum Gasteiger partial charge on any atom is -0.0181 e. The highest BCUT2D eigenvalue weighted by Gasteiger charge is 1.93. The minimum atomic E-state index is 0. The third-order valence-electron chi connectivity index (χ3n) is 10.2. The van der Waals surface area contributed by atoms with Crippen LogP contribution in [0.1, 0.15) is 51.9 Å². The fourth-order valence-electron chi connectivity index (χ4n) is 6.78. The molecule has 304 valence electrons. The molecule has 10 aromatic carbocycles. The van der Waals surface area contributed by atoms with E-state index in [9.17, 15) is 0 Å². The molecule has 0 aliphatic rings. The lowest BCUT2D eigenvalue weighted by Gasteiger charge is -1.96. The van der Waals surface area contributed by atoms with Crippen LogP contribution in [0.5, 0.6) is 0 Å². The molecule has 0 spiro atoms. The van der Waals surface area contributed by atoms with E-state index in [1.807, 2.05) is 0 Å². The Morgan fingerprint density at radius 3 is 0.639 bits per heavy atom. The molecule has 61 heavy (non-hydrogen) atoms. The molecule has 0 radical (unpaired) electrons. The van der Waals surface area contributed by atoms with E-state index in [0.29, 0.717) is 0 Å². The van der Waals surface area contributed by atoms with E-state index < -0.39 is 0 Å². The van der Waals surface area contributed by atoms with Gasteiger partial charge in [-0.2, -0.15) is 0 Å². The topological polar surface area (TPSA) is 0 Å². The summed E-state index contributed by atoms with van der Waals surface area (Å²) in [7, 11) is 0. The second-order valence-electron chi connectivity index (χ2n) is 15.6. The number of hydrogen-bond acceptors (Lipinski definition) is 0. The summed E-state index contributed by atoms with van der Waals surface area (Å²) in [5.41, 5.74) is 10.4.